The van der Waals surface area contributed by atoms with Crippen LogP contribution in [0.25, 0.3) is 0 Å². The Kier molecular flexibility index (Phi) is 6.68. The number of amides is 1. The predicted octanol–water partition coefficient (Wildman–Crippen LogP) is 5.66. The van der Waals surface area contributed by atoms with Crippen LogP contribution in [0.3, 0.4) is 0 Å². The van der Waals surface area contributed by atoms with E-state index in [-0.39, 0.29) is 18.0 Å². The van der Waals surface area contributed by atoms with E-state index >= 15 is 0 Å². The van der Waals surface area contributed by atoms with E-state index < -0.39 is 0 Å². The summed E-state index contributed by atoms with van der Waals surface area (Å²) in [6.45, 7) is 0. The highest BCUT2D eigenvalue weighted by Crippen LogP contribution is 2.38. The first-order valence-corrected chi connectivity index (χ1v) is 11.9. The zero-order valence-corrected chi connectivity index (χ0v) is 20.1. The highest BCUT2D eigenvalue weighted by Gasteiger charge is 2.31. The van der Waals surface area contributed by atoms with Gasteiger partial charge >= 0.3 is 0 Å². The molecular formula is C27H26ClN5O2. The summed E-state index contributed by atoms with van der Waals surface area (Å²) in [4.78, 5) is 17.2. The van der Waals surface area contributed by atoms with Gasteiger partial charge in [0.1, 0.15) is 5.75 Å². The van der Waals surface area contributed by atoms with E-state index in [0.29, 0.717) is 29.8 Å². The van der Waals surface area contributed by atoms with Gasteiger partial charge in [-0.2, -0.15) is 4.98 Å². The molecule has 2 atom stereocenters. The zero-order valence-electron chi connectivity index (χ0n) is 19.3. The van der Waals surface area contributed by atoms with Crippen LogP contribution in [-0.4, -0.2) is 27.8 Å². The fourth-order valence-corrected chi connectivity index (χ4v) is 4.46. The van der Waals surface area contributed by atoms with Gasteiger partial charge in [-0.1, -0.05) is 66.2 Å². The normalized spacial score (nSPS) is 16.7. The number of ether oxygens (including phenoxy) is 1. The van der Waals surface area contributed by atoms with Crippen molar-refractivity contribution in [2.24, 2.45) is 0 Å². The molecule has 0 fully saturated rings. The van der Waals surface area contributed by atoms with Crippen LogP contribution in [0.4, 0.5) is 11.9 Å². The molecule has 7 nitrogen and oxygen atoms in total. The van der Waals surface area contributed by atoms with Gasteiger partial charge in [-0.05, 0) is 53.8 Å². The molecule has 35 heavy (non-hydrogen) atoms. The summed E-state index contributed by atoms with van der Waals surface area (Å²) in [6, 6.07) is 25.7. The third kappa shape index (κ3) is 5.30. The molecular weight excluding hydrogens is 462 g/mol. The van der Waals surface area contributed by atoms with Crippen LogP contribution in [0.2, 0.25) is 5.02 Å². The molecule has 5 rings (SSSR count). The number of methoxy groups -OCH3 is 1. The maximum atomic E-state index is 12.6. The first-order chi connectivity index (χ1) is 17.1. The molecule has 0 saturated heterocycles. The van der Waals surface area contributed by atoms with Crippen molar-refractivity contribution in [3.8, 4) is 5.75 Å². The number of aryl methyl sites for hydroxylation is 1. The van der Waals surface area contributed by atoms with Crippen molar-refractivity contribution in [2.75, 3.05) is 17.7 Å². The smallest absolute Gasteiger partial charge is 0.250 e. The minimum Gasteiger partial charge on any atom is -0.497 e. The monoisotopic (exact) mass is 487 g/mol. The third-order valence-electron chi connectivity index (χ3n) is 6.20. The number of carbonyl (C=O) groups excluding carboxylic acids is 1. The van der Waals surface area contributed by atoms with E-state index in [0.717, 1.165) is 28.9 Å². The molecule has 8 heteroatoms. The van der Waals surface area contributed by atoms with E-state index in [1.807, 2.05) is 83.5 Å². The summed E-state index contributed by atoms with van der Waals surface area (Å²) in [7, 11) is 1.65. The second kappa shape index (κ2) is 10.2. The number of benzene rings is 3. The Morgan fingerprint density at radius 1 is 1.06 bits per heavy atom. The minimum absolute atomic E-state index is 0.0118. The molecule has 1 aromatic heterocycles. The van der Waals surface area contributed by atoms with E-state index in [2.05, 4.69) is 20.7 Å². The Hall–Kier alpha value is -3.84. The van der Waals surface area contributed by atoms with Gasteiger partial charge in [-0.3, -0.25) is 10.1 Å². The summed E-state index contributed by atoms with van der Waals surface area (Å²) in [5, 5.41) is 11.7. The Labute approximate surface area is 209 Å². The number of hydrogen-bond acceptors (Lipinski definition) is 5. The lowest BCUT2D eigenvalue weighted by Gasteiger charge is -2.31. The number of hydrogen-bond donors (Lipinski definition) is 2. The van der Waals surface area contributed by atoms with Gasteiger partial charge in [-0.25, -0.2) is 4.68 Å². The Balaban J connectivity index is 1.38. The zero-order chi connectivity index (χ0) is 24.2. The first kappa shape index (κ1) is 22.9. The van der Waals surface area contributed by atoms with Crippen LogP contribution in [0.1, 0.15) is 41.6 Å². The van der Waals surface area contributed by atoms with Gasteiger partial charge in [0.15, 0.2) is 0 Å². The highest BCUT2D eigenvalue weighted by molar-refractivity contribution is 6.30. The topological polar surface area (TPSA) is 81.1 Å². The first-order valence-electron chi connectivity index (χ1n) is 11.6. The lowest BCUT2D eigenvalue weighted by Crippen LogP contribution is -2.28. The van der Waals surface area contributed by atoms with Crippen molar-refractivity contribution in [2.45, 2.75) is 31.3 Å². The molecule has 0 saturated carbocycles. The van der Waals surface area contributed by atoms with E-state index in [9.17, 15) is 4.79 Å². The number of aromatic nitrogens is 3. The van der Waals surface area contributed by atoms with Gasteiger partial charge in [0.05, 0.1) is 19.2 Å². The Morgan fingerprint density at radius 3 is 2.49 bits per heavy atom. The molecule has 1 aliphatic heterocycles. The lowest BCUT2D eigenvalue weighted by atomic mass is 9.93. The molecule has 0 bridgehead atoms. The molecule has 4 aromatic rings. The maximum Gasteiger partial charge on any atom is 0.250 e. The number of nitrogens with zero attached hydrogens (tertiary/aromatic N) is 3. The van der Waals surface area contributed by atoms with Crippen molar-refractivity contribution in [3.05, 3.63) is 101 Å². The highest BCUT2D eigenvalue weighted by atomic mass is 35.5. The quantitative estimate of drug-likeness (QED) is 0.351. The number of fused-ring (bicyclic) bond motifs is 1. The number of carbonyl (C=O) groups is 1. The average Bonchev–Trinajstić information content (AvgIpc) is 3.30. The molecule has 0 aliphatic carbocycles. The number of rotatable bonds is 7. The van der Waals surface area contributed by atoms with Gasteiger partial charge in [0, 0.05) is 11.4 Å². The largest absolute Gasteiger partial charge is 0.497 e. The lowest BCUT2D eigenvalue weighted by molar-refractivity contribution is -0.116. The maximum absolute atomic E-state index is 12.6. The molecule has 0 spiro atoms. The molecule has 3 aromatic carbocycles. The molecule has 2 N–H and O–H groups in total. The fourth-order valence-electron chi connectivity index (χ4n) is 4.34. The van der Waals surface area contributed by atoms with Crippen LogP contribution < -0.4 is 15.4 Å². The van der Waals surface area contributed by atoms with Gasteiger partial charge in [0.2, 0.25) is 11.9 Å². The summed E-state index contributed by atoms with van der Waals surface area (Å²) in [5.74, 6) is 1.57. The average molecular weight is 488 g/mol. The number of anilines is 2. The third-order valence-corrected chi connectivity index (χ3v) is 6.45. The van der Waals surface area contributed by atoms with E-state index in [1.165, 1.54) is 0 Å². The van der Waals surface area contributed by atoms with Gasteiger partial charge < -0.3 is 10.1 Å². The Morgan fingerprint density at radius 2 is 1.77 bits per heavy atom. The SMILES string of the molecule is COc1ccc([C@@H]2C[C@H](c3ccc(Cl)cc3)Nc3nc(NC(=O)CCc4ccccc4)nn32)cc1. The van der Waals surface area contributed by atoms with Crippen LogP contribution in [-0.2, 0) is 11.2 Å². The van der Waals surface area contributed by atoms with Gasteiger partial charge in [-0.15, -0.1) is 5.10 Å². The minimum atomic E-state index is -0.118. The number of halogens is 1. The van der Waals surface area contributed by atoms with Crippen LogP contribution in [0.15, 0.2) is 78.9 Å². The molecule has 2 heterocycles. The molecule has 0 unspecified atom stereocenters. The molecule has 1 aliphatic rings. The van der Waals surface area contributed by atoms with Crippen LogP contribution in [0.5, 0.6) is 5.75 Å². The van der Waals surface area contributed by atoms with Crippen molar-refractivity contribution >= 4 is 29.4 Å². The standard InChI is InChI=1S/C27H26ClN5O2/c1-35-22-14-10-20(11-15-22)24-17-23(19-8-12-21(28)13-9-19)29-27-31-26(32-33(24)27)30-25(34)16-7-18-5-3-2-4-6-18/h2-6,8-15,23-24H,7,16-17H2,1H3,(H2,29,30,31,32,34)/t23-,24+/m1/s1. The second-order valence-electron chi connectivity index (χ2n) is 8.51. The predicted molar refractivity (Wildman–Crippen MR) is 137 cm³/mol. The van der Waals surface area contributed by atoms with Crippen LogP contribution in [0, 0.1) is 0 Å². The molecule has 1 amide bonds. The fraction of sp³-hybridized carbons (Fsp3) is 0.222. The second-order valence-corrected chi connectivity index (χ2v) is 8.95. The van der Waals surface area contributed by atoms with Crippen molar-refractivity contribution in [1.82, 2.24) is 14.8 Å². The summed E-state index contributed by atoms with van der Waals surface area (Å²) in [5.41, 5.74) is 3.31. The summed E-state index contributed by atoms with van der Waals surface area (Å²) >= 11 is 6.10. The van der Waals surface area contributed by atoms with Gasteiger partial charge in [0.25, 0.3) is 5.95 Å². The van der Waals surface area contributed by atoms with E-state index in [1.54, 1.807) is 7.11 Å². The van der Waals surface area contributed by atoms with Crippen molar-refractivity contribution in [3.63, 3.8) is 0 Å². The summed E-state index contributed by atoms with van der Waals surface area (Å²) in [6.07, 6.45) is 1.77. The van der Waals surface area contributed by atoms with Crippen molar-refractivity contribution in [1.29, 1.82) is 0 Å². The Bertz CT molecular complexity index is 1290. The van der Waals surface area contributed by atoms with E-state index in [4.69, 9.17) is 16.3 Å². The molecule has 178 valence electrons. The van der Waals surface area contributed by atoms with Crippen molar-refractivity contribution < 1.29 is 9.53 Å². The number of nitrogens with one attached hydrogen (secondary N) is 2. The van der Waals surface area contributed by atoms with Crippen LogP contribution >= 0.6 is 11.6 Å². The molecule has 0 radical (unpaired) electrons. The summed E-state index contributed by atoms with van der Waals surface area (Å²) < 4.78 is 7.17.